The van der Waals surface area contributed by atoms with E-state index in [2.05, 4.69) is 54.9 Å². The molecular formula is C26H28N6O. The van der Waals surface area contributed by atoms with Crippen molar-refractivity contribution in [3.8, 4) is 11.3 Å². The number of aromatic nitrogens is 3. The molecule has 0 spiro atoms. The average Bonchev–Trinajstić information content (AvgIpc) is 3.17. The van der Waals surface area contributed by atoms with Gasteiger partial charge in [0.05, 0.1) is 11.9 Å². The molecule has 2 aromatic heterocycles. The standard InChI is InChI=1S/C26H28N6O/c1-18-27-17-24(31(18)3)19-7-8-21-16-28-25(15-22(21)13-19)29-26(33)20-5-4-6-23(14-20)32-11-9-30(2)10-12-32/h4-8,13-17H,9-12H2,1-3H3,(H,28,29,33). The molecule has 3 heterocycles. The van der Waals surface area contributed by atoms with Crippen LogP contribution in [0.5, 0.6) is 0 Å². The van der Waals surface area contributed by atoms with Gasteiger partial charge in [0.1, 0.15) is 11.6 Å². The third-order valence-electron chi connectivity index (χ3n) is 6.46. The highest BCUT2D eigenvalue weighted by atomic mass is 16.1. The van der Waals surface area contributed by atoms with Gasteiger partial charge in [0, 0.05) is 61.6 Å². The van der Waals surface area contributed by atoms with Crippen LogP contribution in [-0.4, -0.2) is 58.6 Å². The van der Waals surface area contributed by atoms with Crippen LogP contribution < -0.4 is 10.2 Å². The molecular weight excluding hydrogens is 412 g/mol. The first-order valence-corrected chi connectivity index (χ1v) is 11.2. The zero-order chi connectivity index (χ0) is 22.9. The van der Waals surface area contributed by atoms with Crippen LogP contribution in [0.3, 0.4) is 0 Å². The normalized spacial score (nSPS) is 14.6. The number of carbonyl (C=O) groups is 1. The van der Waals surface area contributed by atoms with Crippen molar-refractivity contribution in [2.75, 3.05) is 43.4 Å². The Morgan fingerprint density at radius 2 is 1.73 bits per heavy atom. The van der Waals surface area contributed by atoms with Gasteiger partial charge in [0.15, 0.2) is 0 Å². The van der Waals surface area contributed by atoms with E-state index in [1.807, 2.05) is 50.5 Å². The van der Waals surface area contributed by atoms with Crippen LogP contribution in [0.25, 0.3) is 22.0 Å². The number of carbonyl (C=O) groups excluding carboxylic acids is 1. The predicted octanol–water partition coefficient (Wildman–Crippen LogP) is 3.95. The van der Waals surface area contributed by atoms with Crippen molar-refractivity contribution < 1.29 is 4.79 Å². The molecule has 5 rings (SSSR count). The molecule has 0 aliphatic carbocycles. The first kappa shape index (κ1) is 21.2. The summed E-state index contributed by atoms with van der Waals surface area (Å²) in [4.78, 5) is 26.5. The van der Waals surface area contributed by atoms with E-state index in [1.165, 1.54) is 0 Å². The molecule has 1 saturated heterocycles. The number of hydrogen-bond donors (Lipinski definition) is 1. The highest BCUT2D eigenvalue weighted by molar-refractivity contribution is 6.05. The monoisotopic (exact) mass is 440 g/mol. The number of aryl methyl sites for hydroxylation is 1. The number of hydrogen-bond acceptors (Lipinski definition) is 5. The number of pyridine rings is 1. The predicted molar refractivity (Wildman–Crippen MR) is 133 cm³/mol. The van der Waals surface area contributed by atoms with Crippen molar-refractivity contribution in [2.24, 2.45) is 7.05 Å². The van der Waals surface area contributed by atoms with Gasteiger partial charge in [-0.1, -0.05) is 18.2 Å². The number of fused-ring (bicyclic) bond motifs is 1. The van der Waals surface area contributed by atoms with Crippen LogP contribution in [0, 0.1) is 6.92 Å². The van der Waals surface area contributed by atoms with Crippen LogP contribution >= 0.6 is 0 Å². The Balaban J connectivity index is 1.37. The number of nitrogens with zero attached hydrogens (tertiary/aromatic N) is 5. The van der Waals surface area contributed by atoms with Crippen molar-refractivity contribution in [2.45, 2.75) is 6.92 Å². The van der Waals surface area contributed by atoms with Crippen LogP contribution in [0.1, 0.15) is 16.2 Å². The molecule has 33 heavy (non-hydrogen) atoms. The largest absolute Gasteiger partial charge is 0.369 e. The van der Waals surface area contributed by atoms with Crippen molar-refractivity contribution in [3.05, 3.63) is 72.3 Å². The van der Waals surface area contributed by atoms with Gasteiger partial charge in [-0.05, 0) is 49.7 Å². The van der Waals surface area contributed by atoms with E-state index in [4.69, 9.17) is 0 Å². The summed E-state index contributed by atoms with van der Waals surface area (Å²) < 4.78 is 2.07. The Labute approximate surface area is 193 Å². The van der Waals surface area contributed by atoms with Gasteiger partial charge >= 0.3 is 0 Å². The molecule has 2 aromatic carbocycles. The molecule has 7 nitrogen and oxygen atoms in total. The molecule has 4 aromatic rings. The van der Waals surface area contributed by atoms with E-state index in [0.717, 1.165) is 59.7 Å². The molecule has 168 valence electrons. The Bertz CT molecular complexity index is 1320. The Morgan fingerprint density at radius 1 is 0.909 bits per heavy atom. The summed E-state index contributed by atoms with van der Waals surface area (Å²) in [6.07, 6.45) is 3.68. The highest BCUT2D eigenvalue weighted by Crippen LogP contribution is 2.26. The van der Waals surface area contributed by atoms with Gasteiger partial charge in [-0.3, -0.25) is 4.79 Å². The first-order chi connectivity index (χ1) is 16.0. The molecule has 0 radical (unpaired) electrons. The maximum Gasteiger partial charge on any atom is 0.256 e. The number of nitrogens with one attached hydrogen (secondary N) is 1. The van der Waals surface area contributed by atoms with Crippen LogP contribution in [-0.2, 0) is 7.05 Å². The minimum absolute atomic E-state index is 0.156. The third-order valence-corrected chi connectivity index (χ3v) is 6.46. The van der Waals surface area contributed by atoms with Gasteiger partial charge in [-0.15, -0.1) is 0 Å². The second kappa shape index (κ2) is 8.67. The minimum Gasteiger partial charge on any atom is -0.369 e. The summed E-state index contributed by atoms with van der Waals surface area (Å²) in [5.74, 6) is 1.35. The fourth-order valence-corrected chi connectivity index (χ4v) is 4.24. The topological polar surface area (TPSA) is 66.3 Å². The van der Waals surface area contributed by atoms with Crippen molar-refractivity contribution in [1.29, 1.82) is 0 Å². The van der Waals surface area contributed by atoms with Gasteiger partial charge in [-0.25, -0.2) is 9.97 Å². The number of amides is 1. The Kier molecular flexibility index (Phi) is 5.56. The number of imidazole rings is 1. The SMILES string of the molecule is Cc1ncc(-c2ccc3cnc(NC(=O)c4cccc(N5CCN(C)CC5)c4)cc3c2)n1C. The number of benzene rings is 2. The van der Waals surface area contributed by atoms with Crippen LogP contribution in [0.4, 0.5) is 11.5 Å². The lowest BCUT2D eigenvalue weighted by atomic mass is 10.1. The van der Waals surface area contributed by atoms with E-state index in [0.29, 0.717) is 11.4 Å². The molecule has 0 atom stereocenters. The second-order valence-corrected chi connectivity index (χ2v) is 8.68. The zero-order valence-corrected chi connectivity index (χ0v) is 19.2. The van der Waals surface area contributed by atoms with Crippen molar-refractivity contribution in [3.63, 3.8) is 0 Å². The molecule has 1 aliphatic heterocycles. The molecule has 7 heteroatoms. The fourth-order valence-electron chi connectivity index (χ4n) is 4.24. The number of rotatable bonds is 4. The summed E-state index contributed by atoms with van der Waals surface area (Å²) in [6, 6.07) is 16.0. The summed E-state index contributed by atoms with van der Waals surface area (Å²) in [5, 5.41) is 5.01. The lowest BCUT2D eigenvalue weighted by molar-refractivity contribution is 0.102. The number of anilines is 2. The lowest BCUT2D eigenvalue weighted by Crippen LogP contribution is -2.44. The number of likely N-dealkylation sites (N-methyl/N-ethyl adjacent to an activating group) is 1. The van der Waals surface area contributed by atoms with Crippen molar-refractivity contribution >= 4 is 28.2 Å². The van der Waals surface area contributed by atoms with Crippen LogP contribution in [0.15, 0.2) is 60.9 Å². The van der Waals surface area contributed by atoms with Gasteiger partial charge in [0.2, 0.25) is 0 Å². The average molecular weight is 441 g/mol. The van der Waals surface area contributed by atoms with Gasteiger partial charge in [0.25, 0.3) is 5.91 Å². The van der Waals surface area contributed by atoms with E-state index in [1.54, 1.807) is 6.20 Å². The smallest absolute Gasteiger partial charge is 0.256 e. The molecule has 0 bridgehead atoms. The summed E-state index contributed by atoms with van der Waals surface area (Å²) in [7, 11) is 4.15. The van der Waals surface area contributed by atoms with E-state index >= 15 is 0 Å². The lowest BCUT2D eigenvalue weighted by Gasteiger charge is -2.34. The quantitative estimate of drug-likeness (QED) is 0.521. The molecule has 0 saturated carbocycles. The maximum absolute atomic E-state index is 13.0. The minimum atomic E-state index is -0.156. The summed E-state index contributed by atoms with van der Waals surface area (Å²) in [6.45, 7) is 5.97. The summed E-state index contributed by atoms with van der Waals surface area (Å²) >= 11 is 0. The molecule has 0 unspecified atom stereocenters. The number of piperazine rings is 1. The van der Waals surface area contributed by atoms with E-state index in [-0.39, 0.29) is 5.91 Å². The third kappa shape index (κ3) is 4.32. The van der Waals surface area contributed by atoms with Crippen molar-refractivity contribution in [1.82, 2.24) is 19.4 Å². The molecule has 1 fully saturated rings. The molecule has 1 N–H and O–H groups in total. The zero-order valence-electron chi connectivity index (χ0n) is 19.2. The van der Waals surface area contributed by atoms with E-state index < -0.39 is 0 Å². The van der Waals surface area contributed by atoms with Gasteiger partial charge < -0.3 is 19.7 Å². The molecule has 1 aliphatic rings. The Hall–Kier alpha value is -3.71. The van der Waals surface area contributed by atoms with Gasteiger partial charge in [-0.2, -0.15) is 0 Å². The fraction of sp³-hybridized carbons (Fsp3) is 0.269. The van der Waals surface area contributed by atoms with E-state index in [9.17, 15) is 4.79 Å². The maximum atomic E-state index is 13.0. The van der Waals surface area contributed by atoms with Crippen LogP contribution in [0.2, 0.25) is 0 Å². The molecule has 1 amide bonds. The Morgan fingerprint density at radius 3 is 2.48 bits per heavy atom. The first-order valence-electron chi connectivity index (χ1n) is 11.2. The highest BCUT2D eigenvalue weighted by Gasteiger charge is 2.16. The summed E-state index contributed by atoms with van der Waals surface area (Å²) in [5.41, 5.74) is 3.84. The second-order valence-electron chi connectivity index (χ2n) is 8.68.